The van der Waals surface area contributed by atoms with Crippen molar-refractivity contribution >= 4 is 18.2 Å². The average Bonchev–Trinajstić information content (AvgIpc) is 2.13. The number of nitrogens with two attached hydrogens (primary N) is 1. The van der Waals surface area contributed by atoms with Gasteiger partial charge in [0.25, 0.3) is 0 Å². The molecule has 0 amide bonds. The minimum absolute atomic E-state index is 0. The number of hydrogen-bond acceptors (Lipinski definition) is 4. The van der Waals surface area contributed by atoms with Crippen LogP contribution in [0.4, 0.5) is 0 Å². The first-order chi connectivity index (χ1) is 6.15. The molecule has 5 nitrogen and oxygen atoms in total. The highest BCUT2D eigenvalue weighted by Gasteiger charge is 2.03. The lowest BCUT2D eigenvalue weighted by Crippen LogP contribution is -2.23. The Morgan fingerprint density at radius 1 is 1.43 bits per heavy atom. The molecule has 0 aliphatic carbocycles. The summed E-state index contributed by atoms with van der Waals surface area (Å²) >= 11 is 0. The summed E-state index contributed by atoms with van der Waals surface area (Å²) in [5, 5.41) is 26.7. The summed E-state index contributed by atoms with van der Waals surface area (Å²) in [5.74, 6) is 0.192. The molecule has 0 radical (unpaired) electrons. The van der Waals surface area contributed by atoms with Gasteiger partial charge in [-0.15, -0.1) is 12.4 Å². The van der Waals surface area contributed by atoms with Crippen molar-refractivity contribution in [2.75, 3.05) is 0 Å². The van der Waals surface area contributed by atoms with E-state index in [0.717, 1.165) is 6.42 Å². The SMILES string of the molecule is CCCC(=N)NC(C#N)=C(N)C#N.Cl. The second-order valence-corrected chi connectivity index (χ2v) is 2.37. The summed E-state index contributed by atoms with van der Waals surface area (Å²) in [6.45, 7) is 1.92. The lowest BCUT2D eigenvalue weighted by atomic mass is 10.3. The Balaban J connectivity index is 0. The van der Waals surface area contributed by atoms with Gasteiger partial charge in [-0.3, -0.25) is 5.41 Å². The topological polar surface area (TPSA) is 109 Å². The van der Waals surface area contributed by atoms with Crippen molar-refractivity contribution in [1.29, 1.82) is 15.9 Å². The van der Waals surface area contributed by atoms with Crippen LogP contribution in [0.15, 0.2) is 11.4 Å². The molecule has 14 heavy (non-hydrogen) atoms. The van der Waals surface area contributed by atoms with E-state index in [-0.39, 0.29) is 29.6 Å². The first-order valence-corrected chi connectivity index (χ1v) is 3.80. The molecular weight excluding hydrogens is 202 g/mol. The molecule has 0 aliphatic heterocycles. The number of hydrogen-bond donors (Lipinski definition) is 3. The summed E-state index contributed by atoms with van der Waals surface area (Å²) in [4.78, 5) is 0. The first-order valence-electron chi connectivity index (χ1n) is 3.80. The highest BCUT2D eigenvalue weighted by molar-refractivity contribution is 5.85. The molecule has 0 fully saturated rings. The second-order valence-electron chi connectivity index (χ2n) is 2.37. The van der Waals surface area contributed by atoms with Gasteiger partial charge in [-0.05, 0) is 6.42 Å². The van der Waals surface area contributed by atoms with Crippen molar-refractivity contribution in [1.82, 2.24) is 5.32 Å². The fourth-order valence-electron chi connectivity index (χ4n) is 0.675. The lowest BCUT2D eigenvalue weighted by Gasteiger charge is -2.04. The zero-order valence-electron chi connectivity index (χ0n) is 7.79. The van der Waals surface area contributed by atoms with Crippen molar-refractivity contribution in [3.8, 4) is 12.1 Å². The molecule has 0 bridgehead atoms. The Labute approximate surface area is 89.1 Å². The van der Waals surface area contributed by atoms with Gasteiger partial charge in [0.1, 0.15) is 17.8 Å². The molecular formula is C8H12ClN5. The maximum absolute atomic E-state index is 8.55. The Morgan fingerprint density at radius 3 is 2.36 bits per heavy atom. The van der Waals surface area contributed by atoms with E-state index in [0.29, 0.717) is 6.42 Å². The predicted molar refractivity (Wildman–Crippen MR) is 55.5 cm³/mol. The van der Waals surface area contributed by atoms with Gasteiger partial charge in [-0.1, -0.05) is 6.92 Å². The zero-order chi connectivity index (χ0) is 10.3. The van der Waals surface area contributed by atoms with Crippen LogP contribution in [-0.2, 0) is 0 Å². The summed E-state index contributed by atoms with van der Waals surface area (Å²) in [7, 11) is 0. The van der Waals surface area contributed by atoms with Gasteiger partial charge in [-0.25, -0.2) is 0 Å². The number of amidine groups is 1. The van der Waals surface area contributed by atoms with Gasteiger partial charge in [-0.2, -0.15) is 10.5 Å². The van der Waals surface area contributed by atoms with Crippen LogP contribution >= 0.6 is 12.4 Å². The molecule has 0 aromatic carbocycles. The van der Waals surface area contributed by atoms with E-state index in [1.54, 1.807) is 12.1 Å². The Bertz CT molecular complexity index is 307. The Hall–Kier alpha value is -1.72. The van der Waals surface area contributed by atoms with E-state index in [1.165, 1.54) is 0 Å². The minimum Gasteiger partial charge on any atom is -0.388 e. The average molecular weight is 214 g/mol. The van der Waals surface area contributed by atoms with E-state index in [2.05, 4.69) is 5.32 Å². The summed E-state index contributed by atoms with van der Waals surface area (Å²) in [6, 6.07) is 3.36. The maximum atomic E-state index is 8.55. The third-order valence-corrected chi connectivity index (χ3v) is 1.28. The highest BCUT2D eigenvalue weighted by atomic mass is 35.5. The van der Waals surface area contributed by atoms with Crippen molar-refractivity contribution in [3.05, 3.63) is 11.4 Å². The van der Waals surface area contributed by atoms with Crippen LogP contribution in [0.1, 0.15) is 19.8 Å². The molecule has 0 saturated carbocycles. The number of nitrogens with one attached hydrogen (secondary N) is 2. The van der Waals surface area contributed by atoms with Crippen molar-refractivity contribution in [3.63, 3.8) is 0 Å². The number of rotatable bonds is 3. The predicted octanol–water partition coefficient (Wildman–Crippen LogP) is 0.993. The minimum atomic E-state index is -0.191. The van der Waals surface area contributed by atoms with Crippen LogP contribution in [0.5, 0.6) is 0 Å². The Morgan fingerprint density at radius 2 is 2.00 bits per heavy atom. The summed E-state index contributed by atoms with van der Waals surface area (Å²) in [5.41, 5.74) is 4.96. The van der Waals surface area contributed by atoms with Gasteiger partial charge < -0.3 is 11.1 Å². The molecule has 0 aromatic heterocycles. The quantitative estimate of drug-likeness (QED) is 0.369. The standard InChI is InChI=1S/C8H11N5.ClH/c1-2-3-8(12)13-7(5-10)6(11)4-9;/h2-3,11H2,1H3,(H2,12,13);1H. The third-order valence-electron chi connectivity index (χ3n) is 1.28. The van der Waals surface area contributed by atoms with E-state index in [4.69, 9.17) is 21.7 Å². The van der Waals surface area contributed by atoms with Crippen LogP contribution in [0.3, 0.4) is 0 Å². The smallest absolute Gasteiger partial charge is 0.153 e. The van der Waals surface area contributed by atoms with E-state index < -0.39 is 0 Å². The van der Waals surface area contributed by atoms with Gasteiger partial charge in [0, 0.05) is 6.42 Å². The maximum Gasteiger partial charge on any atom is 0.153 e. The molecule has 0 heterocycles. The van der Waals surface area contributed by atoms with Gasteiger partial charge in [0.2, 0.25) is 0 Å². The molecule has 0 atom stereocenters. The molecule has 0 saturated heterocycles. The van der Waals surface area contributed by atoms with Gasteiger partial charge in [0.05, 0.1) is 5.84 Å². The molecule has 6 heteroatoms. The Kier molecular flexibility index (Phi) is 8.35. The van der Waals surface area contributed by atoms with Crippen LogP contribution < -0.4 is 11.1 Å². The van der Waals surface area contributed by atoms with Crippen LogP contribution in [0, 0.1) is 28.1 Å². The van der Waals surface area contributed by atoms with Gasteiger partial charge in [0.15, 0.2) is 5.70 Å². The van der Waals surface area contributed by atoms with Crippen LogP contribution in [0.25, 0.3) is 0 Å². The fraction of sp³-hybridized carbons (Fsp3) is 0.375. The summed E-state index contributed by atoms with van der Waals surface area (Å²) < 4.78 is 0. The largest absolute Gasteiger partial charge is 0.388 e. The summed E-state index contributed by atoms with van der Waals surface area (Å²) in [6.07, 6.45) is 1.33. The van der Waals surface area contributed by atoms with Gasteiger partial charge >= 0.3 is 0 Å². The van der Waals surface area contributed by atoms with E-state index >= 15 is 0 Å². The fourth-order valence-corrected chi connectivity index (χ4v) is 0.675. The molecule has 0 rings (SSSR count). The van der Waals surface area contributed by atoms with Crippen molar-refractivity contribution in [2.45, 2.75) is 19.8 Å². The monoisotopic (exact) mass is 213 g/mol. The van der Waals surface area contributed by atoms with Crippen molar-refractivity contribution in [2.24, 2.45) is 5.73 Å². The molecule has 0 aliphatic rings. The molecule has 0 unspecified atom stereocenters. The van der Waals surface area contributed by atoms with E-state index in [1.807, 2.05) is 6.92 Å². The number of allylic oxidation sites excluding steroid dienone is 2. The van der Waals surface area contributed by atoms with E-state index in [9.17, 15) is 0 Å². The van der Waals surface area contributed by atoms with Crippen molar-refractivity contribution < 1.29 is 0 Å². The number of nitriles is 2. The molecule has 4 N–H and O–H groups in total. The highest BCUT2D eigenvalue weighted by Crippen LogP contribution is 1.94. The molecule has 76 valence electrons. The zero-order valence-corrected chi connectivity index (χ0v) is 8.61. The normalized spacial score (nSPS) is 9.93. The lowest BCUT2D eigenvalue weighted by molar-refractivity contribution is 0.935. The van der Waals surface area contributed by atoms with Crippen LogP contribution in [-0.4, -0.2) is 5.84 Å². The number of halogens is 1. The number of nitrogens with zero attached hydrogens (tertiary/aromatic N) is 2. The first kappa shape index (κ1) is 14.8. The second kappa shape index (κ2) is 7.90. The van der Waals surface area contributed by atoms with Crippen LogP contribution in [0.2, 0.25) is 0 Å². The third kappa shape index (κ3) is 5.02. The molecule has 0 spiro atoms. The molecule has 0 aromatic rings.